The second-order valence-corrected chi connectivity index (χ2v) is 8.81. The molecule has 0 aliphatic heterocycles. The van der Waals surface area contributed by atoms with Gasteiger partial charge in [0.1, 0.15) is 17.2 Å². The van der Waals surface area contributed by atoms with Crippen molar-refractivity contribution in [1.82, 2.24) is 30.7 Å². The zero-order valence-corrected chi connectivity index (χ0v) is 20.5. The lowest BCUT2D eigenvalue weighted by Gasteiger charge is -2.15. The summed E-state index contributed by atoms with van der Waals surface area (Å²) < 4.78 is 23.2. The van der Waals surface area contributed by atoms with Crippen LogP contribution in [-0.2, 0) is 13.0 Å². The molecule has 0 fully saturated rings. The highest BCUT2D eigenvalue weighted by Crippen LogP contribution is 2.33. The van der Waals surface area contributed by atoms with Gasteiger partial charge in [-0.05, 0) is 54.2 Å². The predicted molar refractivity (Wildman–Crippen MR) is 132 cm³/mol. The normalized spacial score (nSPS) is 14.1. The van der Waals surface area contributed by atoms with Crippen molar-refractivity contribution >= 4 is 11.8 Å². The fraction of sp³-hybridized carbons (Fsp3) is 0.231. The minimum absolute atomic E-state index is 0.0233. The summed E-state index contributed by atoms with van der Waals surface area (Å²) in [5, 5.41) is 9.38. The van der Waals surface area contributed by atoms with Crippen molar-refractivity contribution in [3.63, 3.8) is 0 Å². The van der Waals surface area contributed by atoms with Crippen LogP contribution in [0.25, 0.3) is 11.4 Å². The molecule has 0 saturated carbocycles. The van der Waals surface area contributed by atoms with E-state index in [1.165, 1.54) is 19.2 Å². The molecule has 3 N–H and O–H groups in total. The van der Waals surface area contributed by atoms with Crippen LogP contribution in [-0.4, -0.2) is 39.0 Å². The third kappa shape index (κ3) is 5.14. The maximum Gasteiger partial charge on any atom is 0.439 e. The van der Waals surface area contributed by atoms with Gasteiger partial charge < -0.3 is 15.4 Å². The summed E-state index contributed by atoms with van der Waals surface area (Å²) in [6.45, 7) is 1.79. The smallest absolute Gasteiger partial charge is 0.439 e. The van der Waals surface area contributed by atoms with E-state index >= 15 is 0 Å². The maximum absolute atomic E-state index is 13.5. The number of ether oxygens (including phenoxy) is 1. The molecule has 2 amide bonds. The molecule has 4 aromatic rings. The second kappa shape index (κ2) is 10.2. The molecule has 2 heterocycles. The van der Waals surface area contributed by atoms with Crippen LogP contribution < -0.4 is 21.1 Å². The molecule has 0 bridgehead atoms. The van der Waals surface area contributed by atoms with Crippen molar-refractivity contribution in [3.05, 3.63) is 92.5 Å². The van der Waals surface area contributed by atoms with Gasteiger partial charge in [0, 0.05) is 18.2 Å². The Labute approximate surface area is 215 Å². The zero-order valence-electron chi connectivity index (χ0n) is 20.5. The van der Waals surface area contributed by atoms with E-state index in [0.717, 1.165) is 11.1 Å². The molecular formula is C26H23FN6O5. The van der Waals surface area contributed by atoms with Crippen molar-refractivity contribution < 1.29 is 23.2 Å². The van der Waals surface area contributed by atoms with Crippen LogP contribution in [0.3, 0.4) is 0 Å². The van der Waals surface area contributed by atoms with E-state index in [1.807, 2.05) is 12.1 Å². The standard InChI is InChI=1S/C26H23FN6O5/c1-13-9-14(3-7-18(13)27)12-28-23(34)20-11-21(31-25(30-20)37-2)24(35)29-19-8-5-15-10-16(4-6-17(15)19)22-32-26(36)38-33-22/h3-4,6-7,9-11,19H,5,8,12H2,1-2H3,(H,28,34)(H,29,35)(H,32,33,36)/t19-/m0/s1. The van der Waals surface area contributed by atoms with Gasteiger partial charge in [0.25, 0.3) is 11.8 Å². The number of aryl methyl sites for hydroxylation is 2. The molecule has 194 valence electrons. The molecule has 38 heavy (non-hydrogen) atoms. The van der Waals surface area contributed by atoms with E-state index in [1.54, 1.807) is 25.1 Å². The lowest BCUT2D eigenvalue weighted by atomic mass is 10.0. The van der Waals surface area contributed by atoms with Crippen molar-refractivity contribution in [2.75, 3.05) is 7.11 Å². The molecule has 2 aromatic heterocycles. The van der Waals surface area contributed by atoms with E-state index in [-0.39, 0.29) is 35.8 Å². The third-order valence-corrected chi connectivity index (χ3v) is 6.27. The Morgan fingerprint density at radius 2 is 1.92 bits per heavy atom. The number of H-pyrrole nitrogens is 1. The number of benzene rings is 2. The third-order valence-electron chi connectivity index (χ3n) is 6.27. The first-order chi connectivity index (χ1) is 18.3. The van der Waals surface area contributed by atoms with Gasteiger partial charge in [-0.25, -0.2) is 9.18 Å². The van der Waals surface area contributed by atoms with Gasteiger partial charge in [-0.15, -0.1) is 0 Å². The second-order valence-electron chi connectivity index (χ2n) is 8.81. The van der Waals surface area contributed by atoms with Crippen LogP contribution in [0.15, 0.2) is 51.8 Å². The quantitative estimate of drug-likeness (QED) is 0.338. The Morgan fingerprint density at radius 3 is 2.63 bits per heavy atom. The number of hydrogen-bond donors (Lipinski definition) is 3. The van der Waals surface area contributed by atoms with E-state index in [4.69, 9.17) is 4.74 Å². The van der Waals surface area contributed by atoms with Gasteiger partial charge in [0.15, 0.2) is 5.82 Å². The number of fused-ring (bicyclic) bond motifs is 1. The van der Waals surface area contributed by atoms with Crippen molar-refractivity contribution in [2.24, 2.45) is 0 Å². The van der Waals surface area contributed by atoms with Crippen molar-refractivity contribution in [3.8, 4) is 17.4 Å². The Bertz CT molecular complexity index is 1600. The van der Waals surface area contributed by atoms with Crippen LogP contribution in [0.1, 0.15) is 55.7 Å². The number of carbonyl (C=O) groups excluding carboxylic acids is 2. The number of rotatable bonds is 7. The molecule has 2 aromatic carbocycles. The van der Waals surface area contributed by atoms with Gasteiger partial charge in [-0.3, -0.25) is 19.1 Å². The topological polar surface area (TPSA) is 152 Å². The summed E-state index contributed by atoms with van der Waals surface area (Å²) in [4.78, 5) is 47.8. The Balaban J connectivity index is 1.30. The number of amides is 2. The van der Waals surface area contributed by atoms with Crippen LogP contribution in [0.4, 0.5) is 4.39 Å². The van der Waals surface area contributed by atoms with E-state index < -0.39 is 17.6 Å². The largest absolute Gasteiger partial charge is 0.467 e. The van der Waals surface area contributed by atoms with Crippen molar-refractivity contribution in [1.29, 1.82) is 0 Å². The SMILES string of the molecule is COc1nc(C(=O)NCc2ccc(F)c(C)c2)cc(C(=O)N[C@H]2CCc3cc(-c4noc(=O)[nH]4)ccc32)n1. The zero-order chi connectivity index (χ0) is 26.8. The highest BCUT2D eigenvalue weighted by Gasteiger charge is 2.26. The molecule has 0 unspecified atom stereocenters. The Morgan fingerprint density at radius 1 is 1.13 bits per heavy atom. The summed E-state index contributed by atoms with van der Waals surface area (Å²) >= 11 is 0. The van der Waals surface area contributed by atoms with Gasteiger partial charge in [0.2, 0.25) is 0 Å². The van der Waals surface area contributed by atoms with Gasteiger partial charge in [-0.2, -0.15) is 9.97 Å². The molecule has 1 aliphatic rings. The van der Waals surface area contributed by atoms with Crippen LogP contribution in [0, 0.1) is 12.7 Å². The van der Waals surface area contributed by atoms with Gasteiger partial charge in [0.05, 0.1) is 13.2 Å². The fourth-order valence-electron chi connectivity index (χ4n) is 4.34. The highest BCUT2D eigenvalue weighted by molar-refractivity contribution is 5.97. The molecule has 11 nitrogen and oxygen atoms in total. The minimum Gasteiger partial charge on any atom is -0.467 e. The van der Waals surface area contributed by atoms with Crippen LogP contribution >= 0.6 is 0 Å². The number of carbonyl (C=O) groups is 2. The van der Waals surface area contributed by atoms with E-state index in [9.17, 15) is 18.8 Å². The average Bonchev–Trinajstić information content (AvgIpc) is 3.54. The van der Waals surface area contributed by atoms with E-state index in [2.05, 4.69) is 35.3 Å². The Kier molecular flexibility index (Phi) is 6.69. The first-order valence-electron chi connectivity index (χ1n) is 11.8. The predicted octanol–water partition coefficient (Wildman–Crippen LogP) is 2.62. The average molecular weight is 519 g/mol. The monoisotopic (exact) mass is 518 g/mol. The van der Waals surface area contributed by atoms with Crippen molar-refractivity contribution in [2.45, 2.75) is 32.4 Å². The first-order valence-corrected chi connectivity index (χ1v) is 11.8. The molecule has 0 spiro atoms. The number of halogens is 1. The lowest BCUT2D eigenvalue weighted by molar-refractivity contribution is 0.0930. The molecule has 12 heteroatoms. The maximum atomic E-state index is 13.5. The summed E-state index contributed by atoms with van der Waals surface area (Å²) in [5.41, 5.74) is 3.76. The summed E-state index contributed by atoms with van der Waals surface area (Å²) in [7, 11) is 1.34. The summed E-state index contributed by atoms with van der Waals surface area (Å²) in [6.07, 6.45) is 1.37. The Hall–Kier alpha value is -4.87. The number of methoxy groups -OCH3 is 1. The molecule has 0 saturated heterocycles. The first kappa shape index (κ1) is 24.8. The number of nitrogens with one attached hydrogen (secondary N) is 3. The van der Waals surface area contributed by atoms with Crippen LogP contribution in [0.2, 0.25) is 0 Å². The molecular weight excluding hydrogens is 495 g/mol. The number of nitrogens with zero attached hydrogens (tertiary/aromatic N) is 3. The molecule has 1 aliphatic carbocycles. The highest BCUT2D eigenvalue weighted by atomic mass is 19.1. The number of aromatic amines is 1. The van der Waals surface area contributed by atoms with Gasteiger partial charge >= 0.3 is 11.8 Å². The lowest BCUT2D eigenvalue weighted by Crippen LogP contribution is -2.29. The van der Waals surface area contributed by atoms with Gasteiger partial charge in [-0.1, -0.05) is 29.4 Å². The summed E-state index contributed by atoms with van der Waals surface area (Å²) in [6, 6.07) is 11.0. The van der Waals surface area contributed by atoms with E-state index in [0.29, 0.717) is 35.4 Å². The molecule has 1 atom stereocenters. The summed E-state index contributed by atoms with van der Waals surface area (Å²) in [5.74, 6) is -1.65. The molecule has 5 rings (SSSR count). The molecule has 0 radical (unpaired) electrons. The number of aromatic nitrogens is 4. The minimum atomic E-state index is -0.635. The fourth-order valence-corrected chi connectivity index (χ4v) is 4.34. The number of hydrogen-bond acceptors (Lipinski definition) is 8. The van der Waals surface area contributed by atoms with Crippen LogP contribution in [0.5, 0.6) is 6.01 Å².